The van der Waals surface area contributed by atoms with Crippen molar-refractivity contribution in [3.05, 3.63) is 75.3 Å². The van der Waals surface area contributed by atoms with Crippen LogP contribution in [0.25, 0.3) is 10.9 Å². The number of fused-ring (bicyclic) bond motifs is 2. The highest BCUT2D eigenvalue weighted by molar-refractivity contribution is 6.31. The zero-order valence-electron chi connectivity index (χ0n) is 15.7. The number of carbonyl (C=O) groups is 2. The molecule has 0 saturated heterocycles. The minimum atomic E-state index is -0.735. The quantitative estimate of drug-likeness (QED) is 0.617. The van der Waals surface area contributed by atoms with E-state index >= 15 is 0 Å². The van der Waals surface area contributed by atoms with Crippen molar-refractivity contribution in [2.75, 3.05) is 7.11 Å². The average Bonchev–Trinajstić information content (AvgIpc) is 2.74. The SMILES string of the molecule is COC(=O)[C@H]1Cc2ccccc2CN1C(=O)Cn1cnc2ccc(Cl)cc2c1=O. The van der Waals surface area contributed by atoms with E-state index in [1.165, 1.54) is 29.0 Å². The van der Waals surface area contributed by atoms with Crippen molar-refractivity contribution >= 4 is 34.4 Å². The van der Waals surface area contributed by atoms with Gasteiger partial charge in [0.05, 0.1) is 24.3 Å². The maximum atomic E-state index is 13.1. The molecule has 4 rings (SSSR count). The molecule has 0 aliphatic carbocycles. The molecule has 0 radical (unpaired) electrons. The van der Waals surface area contributed by atoms with Crippen LogP contribution in [0.2, 0.25) is 5.02 Å². The van der Waals surface area contributed by atoms with Crippen LogP contribution >= 0.6 is 11.6 Å². The summed E-state index contributed by atoms with van der Waals surface area (Å²) in [6.45, 7) is 0.0420. The van der Waals surface area contributed by atoms with E-state index < -0.39 is 12.0 Å². The standard InChI is InChI=1S/C21H18ClN3O4/c1-29-21(28)18-8-13-4-2-3-5-14(13)10-25(18)19(26)11-24-12-23-17-7-6-15(22)9-16(17)20(24)27/h2-7,9,12,18H,8,10-11H2,1H3/t18-/m1/s1. The molecular weight excluding hydrogens is 394 g/mol. The lowest BCUT2D eigenvalue weighted by atomic mass is 9.94. The summed E-state index contributed by atoms with van der Waals surface area (Å²) in [7, 11) is 1.30. The molecule has 7 nitrogen and oxygen atoms in total. The third-order valence-corrected chi connectivity index (χ3v) is 5.37. The second kappa shape index (κ2) is 7.67. The normalized spacial score (nSPS) is 15.8. The van der Waals surface area contributed by atoms with Gasteiger partial charge >= 0.3 is 5.97 Å². The van der Waals surface area contributed by atoms with Gasteiger partial charge in [0.2, 0.25) is 5.91 Å². The molecule has 0 fully saturated rings. The second-order valence-corrected chi connectivity index (χ2v) is 7.31. The molecule has 1 amide bonds. The average molecular weight is 412 g/mol. The van der Waals surface area contributed by atoms with Gasteiger partial charge in [0.1, 0.15) is 12.6 Å². The molecule has 1 aliphatic heterocycles. The molecule has 2 aromatic carbocycles. The maximum Gasteiger partial charge on any atom is 0.328 e. The zero-order valence-corrected chi connectivity index (χ0v) is 16.4. The van der Waals surface area contributed by atoms with Gasteiger partial charge in [0.25, 0.3) is 5.56 Å². The summed E-state index contributed by atoms with van der Waals surface area (Å²) in [6, 6.07) is 11.8. The molecular formula is C21H18ClN3O4. The Morgan fingerprint density at radius 3 is 2.72 bits per heavy atom. The Morgan fingerprint density at radius 2 is 1.97 bits per heavy atom. The molecule has 8 heteroatoms. The summed E-state index contributed by atoms with van der Waals surface area (Å²) in [5.41, 5.74) is 2.11. The van der Waals surface area contributed by atoms with E-state index in [0.29, 0.717) is 22.3 Å². The Labute approximate surface area is 171 Å². The highest BCUT2D eigenvalue weighted by Crippen LogP contribution is 2.24. The summed E-state index contributed by atoms with van der Waals surface area (Å²) in [5.74, 6) is -0.844. The van der Waals surface area contributed by atoms with Crippen LogP contribution in [0.3, 0.4) is 0 Å². The van der Waals surface area contributed by atoms with E-state index in [-0.39, 0.29) is 24.6 Å². The zero-order chi connectivity index (χ0) is 20.5. The molecule has 0 saturated carbocycles. The van der Waals surface area contributed by atoms with Crippen molar-refractivity contribution in [1.29, 1.82) is 0 Å². The predicted octanol–water partition coefficient (Wildman–Crippen LogP) is 2.18. The summed E-state index contributed by atoms with van der Waals surface area (Å²) in [6.07, 6.45) is 1.70. The van der Waals surface area contributed by atoms with Crippen LogP contribution in [-0.4, -0.2) is 39.5 Å². The number of methoxy groups -OCH3 is 1. The van der Waals surface area contributed by atoms with Crippen LogP contribution in [0.4, 0.5) is 0 Å². The van der Waals surface area contributed by atoms with Crippen LogP contribution in [0, 0.1) is 0 Å². The van der Waals surface area contributed by atoms with Crippen molar-refractivity contribution in [3.8, 4) is 0 Å². The fourth-order valence-electron chi connectivity index (χ4n) is 3.61. The smallest absolute Gasteiger partial charge is 0.328 e. The lowest BCUT2D eigenvalue weighted by Gasteiger charge is -2.35. The molecule has 0 spiro atoms. The van der Waals surface area contributed by atoms with Crippen molar-refractivity contribution in [1.82, 2.24) is 14.5 Å². The van der Waals surface area contributed by atoms with Crippen LogP contribution < -0.4 is 5.56 Å². The Hall–Kier alpha value is -3.19. The van der Waals surface area contributed by atoms with Crippen LogP contribution in [0.5, 0.6) is 0 Å². The van der Waals surface area contributed by atoms with Gasteiger partial charge in [-0.1, -0.05) is 35.9 Å². The van der Waals surface area contributed by atoms with Gasteiger partial charge in [0.15, 0.2) is 0 Å². The van der Waals surface area contributed by atoms with Crippen molar-refractivity contribution in [2.45, 2.75) is 25.6 Å². The molecule has 0 unspecified atom stereocenters. The first-order valence-corrected chi connectivity index (χ1v) is 9.44. The monoisotopic (exact) mass is 411 g/mol. The molecule has 1 aliphatic rings. The number of hydrogen-bond donors (Lipinski definition) is 0. The lowest BCUT2D eigenvalue weighted by molar-refractivity contribution is -0.154. The number of nitrogens with zero attached hydrogens (tertiary/aromatic N) is 3. The largest absolute Gasteiger partial charge is 0.467 e. The Bertz CT molecular complexity index is 1170. The van der Waals surface area contributed by atoms with Gasteiger partial charge in [-0.15, -0.1) is 0 Å². The first kappa shape index (κ1) is 19.1. The topological polar surface area (TPSA) is 81.5 Å². The van der Waals surface area contributed by atoms with E-state index in [4.69, 9.17) is 16.3 Å². The molecule has 29 heavy (non-hydrogen) atoms. The number of aromatic nitrogens is 2. The minimum Gasteiger partial charge on any atom is -0.467 e. The first-order valence-electron chi connectivity index (χ1n) is 9.06. The van der Waals surface area contributed by atoms with Crippen molar-refractivity contribution in [2.24, 2.45) is 0 Å². The number of benzene rings is 2. The third-order valence-electron chi connectivity index (χ3n) is 5.13. The van der Waals surface area contributed by atoms with E-state index in [9.17, 15) is 14.4 Å². The summed E-state index contributed by atoms with van der Waals surface area (Å²) in [5, 5.41) is 0.750. The minimum absolute atomic E-state index is 0.232. The van der Waals surface area contributed by atoms with Crippen molar-refractivity contribution in [3.63, 3.8) is 0 Å². The van der Waals surface area contributed by atoms with Crippen LogP contribution in [0.15, 0.2) is 53.6 Å². The number of amides is 1. The van der Waals surface area contributed by atoms with Crippen LogP contribution in [0.1, 0.15) is 11.1 Å². The third kappa shape index (κ3) is 3.61. The van der Waals surface area contributed by atoms with Gasteiger partial charge in [-0.25, -0.2) is 9.78 Å². The van der Waals surface area contributed by atoms with E-state index in [2.05, 4.69) is 4.98 Å². The maximum absolute atomic E-state index is 13.1. The van der Waals surface area contributed by atoms with E-state index in [1.807, 2.05) is 24.3 Å². The number of hydrogen-bond acceptors (Lipinski definition) is 5. The van der Waals surface area contributed by atoms with Gasteiger partial charge in [-0.3, -0.25) is 14.2 Å². The van der Waals surface area contributed by atoms with Gasteiger partial charge in [0, 0.05) is 18.0 Å². The highest BCUT2D eigenvalue weighted by atomic mass is 35.5. The van der Waals surface area contributed by atoms with Gasteiger partial charge < -0.3 is 9.64 Å². The fourth-order valence-corrected chi connectivity index (χ4v) is 3.78. The van der Waals surface area contributed by atoms with Crippen molar-refractivity contribution < 1.29 is 14.3 Å². The van der Waals surface area contributed by atoms with E-state index in [1.54, 1.807) is 12.1 Å². The summed E-state index contributed by atoms with van der Waals surface area (Å²) >= 11 is 5.99. The van der Waals surface area contributed by atoms with Gasteiger partial charge in [-0.05, 0) is 29.3 Å². The highest BCUT2D eigenvalue weighted by Gasteiger charge is 2.35. The predicted molar refractivity (Wildman–Crippen MR) is 108 cm³/mol. The number of ether oxygens (including phenoxy) is 1. The summed E-state index contributed by atoms with van der Waals surface area (Å²) < 4.78 is 6.13. The number of carbonyl (C=O) groups excluding carboxylic acids is 2. The molecule has 1 aromatic heterocycles. The fraction of sp³-hybridized carbons (Fsp3) is 0.238. The van der Waals surface area contributed by atoms with E-state index in [0.717, 1.165) is 11.1 Å². The molecule has 2 heterocycles. The number of esters is 1. The Kier molecular flexibility index (Phi) is 5.07. The van der Waals surface area contributed by atoms with Crippen LogP contribution in [-0.2, 0) is 33.8 Å². The molecule has 0 bridgehead atoms. The first-order chi connectivity index (χ1) is 14.0. The Morgan fingerprint density at radius 1 is 1.21 bits per heavy atom. The number of rotatable bonds is 3. The molecule has 148 valence electrons. The second-order valence-electron chi connectivity index (χ2n) is 6.87. The Balaban J connectivity index is 1.66. The summed E-state index contributed by atoms with van der Waals surface area (Å²) in [4.78, 5) is 43.8. The lowest BCUT2D eigenvalue weighted by Crippen LogP contribution is -2.50. The van der Waals surface area contributed by atoms with Gasteiger partial charge in [-0.2, -0.15) is 0 Å². The molecule has 1 atom stereocenters. The molecule has 3 aromatic rings. The molecule has 0 N–H and O–H groups in total. The number of halogens is 1.